The van der Waals surface area contributed by atoms with Crippen molar-refractivity contribution >= 4 is 0 Å². The maximum atomic E-state index is 10.1. The summed E-state index contributed by atoms with van der Waals surface area (Å²) in [6.45, 7) is 8.86. The second kappa shape index (κ2) is 8.51. The molecule has 1 aromatic rings. The van der Waals surface area contributed by atoms with E-state index in [0.717, 1.165) is 31.7 Å². The molecule has 0 aliphatic carbocycles. The standard InChI is InChI=1S/C18H29NO3/c1-13(2)17-7-6-14(3)9-18(17)22-12-15(20)10-19-11-16-5-4-8-21-16/h6-7,9,13,15-16,19-20H,4-5,8,10-12H2,1-3H3/t15-,16-/m0/s1. The van der Waals surface area contributed by atoms with Crippen LogP contribution in [0.2, 0.25) is 0 Å². The first-order valence-corrected chi connectivity index (χ1v) is 8.30. The average Bonchev–Trinajstić information content (AvgIpc) is 2.98. The van der Waals surface area contributed by atoms with E-state index in [0.29, 0.717) is 25.2 Å². The zero-order chi connectivity index (χ0) is 15.9. The van der Waals surface area contributed by atoms with Crippen molar-refractivity contribution in [3.8, 4) is 5.75 Å². The number of hydrogen-bond acceptors (Lipinski definition) is 4. The molecule has 22 heavy (non-hydrogen) atoms. The van der Waals surface area contributed by atoms with Crippen molar-refractivity contribution in [2.75, 3.05) is 26.3 Å². The molecule has 1 aromatic carbocycles. The highest BCUT2D eigenvalue weighted by Gasteiger charge is 2.16. The van der Waals surface area contributed by atoms with E-state index in [1.54, 1.807) is 0 Å². The highest BCUT2D eigenvalue weighted by molar-refractivity contribution is 5.39. The lowest BCUT2D eigenvalue weighted by Crippen LogP contribution is -2.35. The molecule has 0 saturated carbocycles. The van der Waals surface area contributed by atoms with Crippen molar-refractivity contribution in [1.82, 2.24) is 5.32 Å². The van der Waals surface area contributed by atoms with Crippen LogP contribution in [0.1, 0.15) is 43.7 Å². The van der Waals surface area contributed by atoms with Crippen LogP contribution in [0.25, 0.3) is 0 Å². The minimum absolute atomic E-state index is 0.303. The Morgan fingerprint density at radius 1 is 1.41 bits per heavy atom. The fourth-order valence-corrected chi connectivity index (χ4v) is 2.70. The lowest BCUT2D eigenvalue weighted by Gasteiger charge is -2.18. The number of ether oxygens (including phenoxy) is 2. The normalized spacial score (nSPS) is 19.6. The molecule has 0 unspecified atom stereocenters. The largest absolute Gasteiger partial charge is 0.491 e. The second-order valence-electron chi connectivity index (χ2n) is 6.45. The van der Waals surface area contributed by atoms with E-state index in [2.05, 4.69) is 38.2 Å². The molecule has 2 atom stereocenters. The fraction of sp³-hybridized carbons (Fsp3) is 0.667. The summed E-state index contributed by atoms with van der Waals surface area (Å²) in [5.74, 6) is 1.29. The van der Waals surface area contributed by atoms with Gasteiger partial charge in [-0.15, -0.1) is 0 Å². The molecule has 0 aromatic heterocycles. The summed E-state index contributed by atoms with van der Waals surface area (Å²) in [4.78, 5) is 0. The van der Waals surface area contributed by atoms with Crippen molar-refractivity contribution in [3.63, 3.8) is 0 Å². The molecule has 4 nitrogen and oxygen atoms in total. The lowest BCUT2D eigenvalue weighted by molar-refractivity contribution is 0.0878. The van der Waals surface area contributed by atoms with Gasteiger partial charge in [-0.2, -0.15) is 0 Å². The van der Waals surface area contributed by atoms with Gasteiger partial charge in [0, 0.05) is 19.7 Å². The van der Waals surface area contributed by atoms with Gasteiger partial charge in [-0.25, -0.2) is 0 Å². The maximum Gasteiger partial charge on any atom is 0.123 e. The maximum absolute atomic E-state index is 10.1. The summed E-state index contributed by atoms with van der Waals surface area (Å²) >= 11 is 0. The van der Waals surface area contributed by atoms with E-state index in [9.17, 15) is 5.11 Å². The van der Waals surface area contributed by atoms with Crippen LogP contribution in [0.3, 0.4) is 0 Å². The lowest BCUT2D eigenvalue weighted by atomic mass is 10.0. The molecular formula is C18H29NO3. The summed E-state index contributed by atoms with van der Waals surface area (Å²) in [7, 11) is 0. The molecule has 1 aliphatic heterocycles. The van der Waals surface area contributed by atoms with Crippen LogP contribution in [0, 0.1) is 6.92 Å². The monoisotopic (exact) mass is 307 g/mol. The van der Waals surface area contributed by atoms with Crippen molar-refractivity contribution < 1.29 is 14.6 Å². The van der Waals surface area contributed by atoms with E-state index in [1.807, 2.05) is 6.07 Å². The van der Waals surface area contributed by atoms with Crippen molar-refractivity contribution in [2.24, 2.45) is 0 Å². The molecule has 0 bridgehead atoms. The second-order valence-corrected chi connectivity index (χ2v) is 6.45. The minimum Gasteiger partial charge on any atom is -0.491 e. The van der Waals surface area contributed by atoms with E-state index < -0.39 is 6.10 Å². The van der Waals surface area contributed by atoms with Gasteiger partial charge in [-0.3, -0.25) is 0 Å². The Kier molecular flexibility index (Phi) is 6.68. The highest BCUT2D eigenvalue weighted by Crippen LogP contribution is 2.27. The SMILES string of the molecule is Cc1ccc(C(C)C)c(OC[C@@H](O)CNC[C@@H]2CCCO2)c1. The molecule has 1 heterocycles. The summed E-state index contributed by atoms with van der Waals surface area (Å²) in [6, 6.07) is 6.25. The van der Waals surface area contributed by atoms with Gasteiger partial charge >= 0.3 is 0 Å². The van der Waals surface area contributed by atoms with Crippen molar-refractivity contribution in [3.05, 3.63) is 29.3 Å². The smallest absolute Gasteiger partial charge is 0.123 e. The topological polar surface area (TPSA) is 50.7 Å². The van der Waals surface area contributed by atoms with Crippen LogP contribution in [-0.2, 0) is 4.74 Å². The Hall–Kier alpha value is -1.10. The van der Waals surface area contributed by atoms with Crippen LogP contribution in [0.5, 0.6) is 5.75 Å². The molecular weight excluding hydrogens is 278 g/mol. The van der Waals surface area contributed by atoms with E-state index >= 15 is 0 Å². The predicted molar refractivity (Wildman–Crippen MR) is 88.6 cm³/mol. The summed E-state index contributed by atoms with van der Waals surface area (Å²) in [6.07, 6.45) is 2.05. The Labute approximate surface area is 133 Å². The Bertz CT molecular complexity index is 456. The molecule has 4 heteroatoms. The Morgan fingerprint density at radius 2 is 2.23 bits per heavy atom. The molecule has 2 rings (SSSR count). The molecule has 124 valence electrons. The molecule has 0 radical (unpaired) electrons. The third-order valence-corrected chi connectivity index (χ3v) is 4.00. The van der Waals surface area contributed by atoms with Crippen LogP contribution in [0.15, 0.2) is 18.2 Å². The number of aliphatic hydroxyl groups is 1. The first kappa shape index (κ1) is 17.3. The summed E-state index contributed by atoms with van der Waals surface area (Å²) in [5.41, 5.74) is 2.36. The molecule has 0 amide bonds. The average molecular weight is 307 g/mol. The van der Waals surface area contributed by atoms with Gasteiger partial charge in [0.2, 0.25) is 0 Å². The number of benzene rings is 1. The number of aryl methyl sites for hydroxylation is 1. The van der Waals surface area contributed by atoms with Gasteiger partial charge in [0.1, 0.15) is 18.5 Å². The Morgan fingerprint density at radius 3 is 2.91 bits per heavy atom. The first-order valence-electron chi connectivity index (χ1n) is 8.30. The zero-order valence-electron chi connectivity index (χ0n) is 14.0. The van der Waals surface area contributed by atoms with E-state index in [-0.39, 0.29) is 0 Å². The summed E-state index contributed by atoms with van der Waals surface area (Å²) < 4.78 is 11.4. The van der Waals surface area contributed by atoms with Crippen molar-refractivity contribution in [2.45, 2.75) is 51.7 Å². The molecule has 1 aliphatic rings. The fourth-order valence-electron chi connectivity index (χ4n) is 2.70. The number of nitrogens with one attached hydrogen (secondary N) is 1. The van der Waals surface area contributed by atoms with Crippen LogP contribution >= 0.6 is 0 Å². The molecule has 1 saturated heterocycles. The van der Waals surface area contributed by atoms with Gasteiger partial charge < -0.3 is 19.9 Å². The van der Waals surface area contributed by atoms with E-state index in [1.165, 1.54) is 11.1 Å². The highest BCUT2D eigenvalue weighted by atomic mass is 16.5. The molecule has 0 spiro atoms. The first-order chi connectivity index (χ1) is 10.6. The van der Waals surface area contributed by atoms with Crippen LogP contribution in [0.4, 0.5) is 0 Å². The quantitative estimate of drug-likeness (QED) is 0.775. The van der Waals surface area contributed by atoms with Gasteiger partial charge in [0.05, 0.1) is 6.10 Å². The van der Waals surface area contributed by atoms with Gasteiger partial charge in [-0.05, 0) is 42.9 Å². The van der Waals surface area contributed by atoms with Gasteiger partial charge in [0.15, 0.2) is 0 Å². The number of rotatable bonds is 8. The van der Waals surface area contributed by atoms with Gasteiger partial charge in [0.25, 0.3) is 0 Å². The molecule has 2 N–H and O–H groups in total. The Balaban J connectivity index is 1.75. The molecule has 1 fully saturated rings. The van der Waals surface area contributed by atoms with E-state index in [4.69, 9.17) is 9.47 Å². The third kappa shape index (κ3) is 5.27. The predicted octanol–water partition coefficient (Wildman–Crippen LogP) is 2.63. The zero-order valence-corrected chi connectivity index (χ0v) is 14.0. The minimum atomic E-state index is -0.512. The summed E-state index contributed by atoms with van der Waals surface area (Å²) in [5, 5.41) is 13.3. The van der Waals surface area contributed by atoms with Crippen molar-refractivity contribution in [1.29, 1.82) is 0 Å². The number of hydrogen-bond donors (Lipinski definition) is 2. The van der Waals surface area contributed by atoms with Crippen LogP contribution < -0.4 is 10.1 Å². The van der Waals surface area contributed by atoms with Crippen LogP contribution in [-0.4, -0.2) is 43.6 Å². The third-order valence-electron chi connectivity index (χ3n) is 4.00. The van der Waals surface area contributed by atoms with Gasteiger partial charge in [-0.1, -0.05) is 26.0 Å². The number of aliphatic hydroxyl groups excluding tert-OH is 1.